The molecule has 7 nitrogen and oxygen atoms in total. The van der Waals surface area contributed by atoms with Gasteiger partial charge in [0.25, 0.3) is 0 Å². The zero-order valence-corrected chi connectivity index (χ0v) is 15.1. The maximum Gasteiger partial charge on any atom is 0.237 e. The Labute approximate surface area is 154 Å². The number of nitrogens with zero attached hydrogens (tertiary/aromatic N) is 6. The molecule has 0 saturated carbocycles. The van der Waals surface area contributed by atoms with Gasteiger partial charge in [-0.2, -0.15) is 9.67 Å². The zero-order chi connectivity index (χ0) is 17.9. The second-order valence-corrected chi connectivity index (χ2v) is 6.82. The summed E-state index contributed by atoms with van der Waals surface area (Å²) in [5, 5.41) is 16.7. The van der Waals surface area contributed by atoms with Crippen molar-refractivity contribution in [3.05, 3.63) is 65.5 Å². The minimum atomic E-state index is 0.491. The fraction of sp³-hybridized carbons (Fsp3) is 0.167. The standard InChI is InChI=1S/C18H16N6OS/c1-12-5-3-7-14(9-12)17-19-16(25-21-17)11-26-18-20-22-23-24(18)15-8-4-6-13(2)10-15/h3-10H,11H2,1-2H3. The number of hydrogen-bond acceptors (Lipinski definition) is 7. The normalized spacial score (nSPS) is 11.0. The summed E-state index contributed by atoms with van der Waals surface area (Å²) in [5.74, 6) is 1.61. The SMILES string of the molecule is Cc1cccc(-c2noc(CSc3nnnn3-c3cccc(C)c3)n2)c1. The molecule has 0 unspecified atom stereocenters. The average Bonchev–Trinajstić information content (AvgIpc) is 3.29. The Morgan fingerprint density at radius 3 is 2.65 bits per heavy atom. The average molecular weight is 364 g/mol. The third-order valence-electron chi connectivity index (χ3n) is 3.76. The molecule has 130 valence electrons. The lowest BCUT2D eigenvalue weighted by molar-refractivity contribution is 0.391. The molecule has 0 saturated heterocycles. The highest BCUT2D eigenvalue weighted by atomic mass is 32.2. The summed E-state index contributed by atoms with van der Waals surface area (Å²) in [6, 6.07) is 16.0. The first-order valence-electron chi connectivity index (χ1n) is 8.07. The fourth-order valence-corrected chi connectivity index (χ4v) is 3.26. The Morgan fingerprint density at radius 2 is 1.85 bits per heavy atom. The summed E-state index contributed by atoms with van der Waals surface area (Å²) in [7, 11) is 0. The lowest BCUT2D eigenvalue weighted by Crippen LogP contribution is -1.99. The Morgan fingerprint density at radius 1 is 1.04 bits per heavy atom. The molecule has 2 heterocycles. The van der Waals surface area contributed by atoms with Crippen molar-refractivity contribution >= 4 is 11.8 Å². The van der Waals surface area contributed by atoms with Gasteiger partial charge in [0.05, 0.1) is 11.4 Å². The molecule has 0 bridgehead atoms. The first-order valence-corrected chi connectivity index (χ1v) is 9.05. The Hall–Kier alpha value is -3.00. The smallest absolute Gasteiger partial charge is 0.237 e. The molecule has 0 amide bonds. The molecule has 2 aromatic carbocycles. The van der Waals surface area contributed by atoms with Gasteiger partial charge in [0.15, 0.2) is 0 Å². The highest BCUT2D eigenvalue weighted by Gasteiger charge is 2.13. The Kier molecular flexibility index (Phi) is 4.49. The minimum Gasteiger partial charge on any atom is -0.338 e. The number of tetrazole rings is 1. The van der Waals surface area contributed by atoms with Crippen molar-refractivity contribution in [3.63, 3.8) is 0 Å². The van der Waals surface area contributed by atoms with E-state index in [-0.39, 0.29) is 0 Å². The molecule has 4 rings (SSSR count). The van der Waals surface area contributed by atoms with Crippen molar-refractivity contribution in [1.29, 1.82) is 0 Å². The summed E-state index contributed by atoms with van der Waals surface area (Å²) in [6.07, 6.45) is 0. The van der Waals surface area contributed by atoms with Gasteiger partial charge in [-0.15, -0.1) is 5.10 Å². The van der Waals surface area contributed by atoms with Gasteiger partial charge in [-0.25, -0.2) is 0 Å². The van der Waals surface area contributed by atoms with Crippen molar-refractivity contribution in [2.24, 2.45) is 0 Å². The van der Waals surface area contributed by atoms with Gasteiger partial charge in [-0.1, -0.05) is 52.8 Å². The maximum atomic E-state index is 5.36. The number of benzene rings is 2. The van der Waals surface area contributed by atoms with E-state index in [1.807, 2.05) is 62.4 Å². The second kappa shape index (κ2) is 7.09. The molecule has 0 aliphatic carbocycles. The first kappa shape index (κ1) is 16.5. The number of hydrogen-bond donors (Lipinski definition) is 0. The molecular weight excluding hydrogens is 348 g/mol. The van der Waals surface area contributed by atoms with Crippen LogP contribution < -0.4 is 0 Å². The number of aromatic nitrogens is 6. The maximum absolute atomic E-state index is 5.36. The highest BCUT2D eigenvalue weighted by molar-refractivity contribution is 7.98. The molecule has 0 aliphatic rings. The molecule has 0 fully saturated rings. The fourth-order valence-electron chi connectivity index (χ4n) is 2.53. The summed E-state index contributed by atoms with van der Waals surface area (Å²) in [5.41, 5.74) is 4.16. The van der Waals surface area contributed by atoms with Crippen LogP contribution in [0.3, 0.4) is 0 Å². The quantitative estimate of drug-likeness (QED) is 0.500. The summed E-state index contributed by atoms with van der Waals surface area (Å²) >= 11 is 1.45. The molecular formula is C18H16N6OS. The van der Waals surface area contributed by atoms with E-state index in [4.69, 9.17) is 4.52 Å². The molecule has 0 atom stereocenters. The van der Waals surface area contributed by atoms with Gasteiger partial charge >= 0.3 is 0 Å². The van der Waals surface area contributed by atoms with Crippen molar-refractivity contribution in [1.82, 2.24) is 30.3 Å². The van der Waals surface area contributed by atoms with Crippen LogP contribution in [0.15, 0.2) is 58.2 Å². The van der Waals surface area contributed by atoms with Crippen LogP contribution in [0.25, 0.3) is 17.1 Å². The van der Waals surface area contributed by atoms with Crippen LogP contribution >= 0.6 is 11.8 Å². The van der Waals surface area contributed by atoms with Crippen LogP contribution in [0.2, 0.25) is 0 Å². The van der Waals surface area contributed by atoms with Crippen molar-refractivity contribution in [3.8, 4) is 17.1 Å². The third kappa shape index (κ3) is 3.50. The highest BCUT2D eigenvalue weighted by Crippen LogP contribution is 2.24. The summed E-state index contributed by atoms with van der Waals surface area (Å²) in [6.45, 7) is 4.07. The van der Waals surface area contributed by atoms with Gasteiger partial charge in [-0.05, 0) is 48.0 Å². The van der Waals surface area contributed by atoms with Crippen molar-refractivity contribution in [2.75, 3.05) is 0 Å². The van der Waals surface area contributed by atoms with Gasteiger partial charge in [0, 0.05) is 5.56 Å². The lowest BCUT2D eigenvalue weighted by Gasteiger charge is -2.03. The predicted octanol–water partition coefficient (Wildman–Crippen LogP) is 3.62. The van der Waals surface area contributed by atoms with Crippen molar-refractivity contribution in [2.45, 2.75) is 24.8 Å². The molecule has 8 heteroatoms. The van der Waals surface area contributed by atoms with E-state index in [0.717, 1.165) is 22.4 Å². The van der Waals surface area contributed by atoms with Crippen LogP contribution in [0.4, 0.5) is 0 Å². The van der Waals surface area contributed by atoms with Crippen LogP contribution in [0.5, 0.6) is 0 Å². The largest absolute Gasteiger partial charge is 0.338 e. The first-order chi connectivity index (χ1) is 12.7. The van der Waals surface area contributed by atoms with Gasteiger partial charge in [0.2, 0.25) is 16.9 Å². The molecule has 0 aliphatic heterocycles. The number of thioether (sulfide) groups is 1. The Balaban J connectivity index is 1.50. The van der Waals surface area contributed by atoms with E-state index >= 15 is 0 Å². The molecule has 26 heavy (non-hydrogen) atoms. The predicted molar refractivity (Wildman–Crippen MR) is 97.9 cm³/mol. The second-order valence-electron chi connectivity index (χ2n) is 5.88. The topological polar surface area (TPSA) is 82.5 Å². The van der Waals surface area contributed by atoms with Crippen LogP contribution in [-0.2, 0) is 5.75 Å². The van der Waals surface area contributed by atoms with Crippen molar-refractivity contribution < 1.29 is 4.52 Å². The van der Waals surface area contributed by atoms with Gasteiger partial charge < -0.3 is 4.52 Å². The third-order valence-corrected chi connectivity index (χ3v) is 4.66. The van der Waals surface area contributed by atoms with Gasteiger partial charge in [-0.3, -0.25) is 0 Å². The summed E-state index contributed by atoms with van der Waals surface area (Å²) in [4.78, 5) is 4.46. The van der Waals surface area contributed by atoms with Gasteiger partial charge in [0.1, 0.15) is 0 Å². The molecule has 4 aromatic rings. The minimum absolute atomic E-state index is 0.491. The molecule has 0 spiro atoms. The molecule has 0 radical (unpaired) electrons. The van der Waals surface area contributed by atoms with Crippen LogP contribution in [-0.4, -0.2) is 30.3 Å². The molecule has 0 N–H and O–H groups in total. The lowest BCUT2D eigenvalue weighted by atomic mass is 10.1. The van der Waals surface area contributed by atoms with E-state index in [9.17, 15) is 0 Å². The van der Waals surface area contributed by atoms with E-state index in [1.165, 1.54) is 11.8 Å². The van der Waals surface area contributed by atoms with E-state index < -0.39 is 0 Å². The van der Waals surface area contributed by atoms with Crippen LogP contribution in [0, 0.1) is 13.8 Å². The molecule has 2 aromatic heterocycles. The summed E-state index contributed by atoms with van der Waals surface area (Å²) < 4.78 is 7.07. The number of rotatable bonds is 5. The van der Waals surface area contributed by atoms with E-state index in [1.54, 1.807) is 4.68 Å². The van der Waals surface area contributed by atoms with E-state index in [2.05, 4.69) is 25.7 Å². The Bertz CT molecular complexity index is 1040. The van der Waals surface area contributed by atoms with Crippen LogP contribution in [0.1, 0.15) is 17.0 Å². The van der Waals surface area contributed by atoms with E-state index in [0.29, 0.717) is 22.6 Å². The zero-order valence-electron chi connectivity index (χ0n) is 14.3. The number of aryl methyl sites for hydroxylation is 2. The monoisotopic (exact) mass is 364 g/mol.